The summed E-state index contributed by atoms with van der Waals surface area (Å²) in [5.74, 6) is 2.24. The van der Waals surface area contributed by atoms with Gasteiger partial charge in [0.15, 0.2) is 0 Å². The van der Waals surface area contributed by atoms with Crippen LogP contribution in [0.4, 0.5) is 6.01 Å². The van der Waals surface area contributed by atoms with Gasteiger partial charge in [0.05, 0.1) is 0 Å². The molecule has 8 heavy (non-hydrogen) atoms. The summed E-state index contributed by atoms with van der Waals surface area (Å²) in [6.45, 7) is 0. The first kappa shape index (κ1) is 4.65. The number of rotatable bonds is 0. The van der Waals surface area contributed by atoms with Crippen molar-refractivity contribution in [1.82, 2.24) is 10.2 Å². The SMILES string of the molecule is C#Cc1nnc(N)o1. The molecule has 2 N–H and O–H groups in total. The molecule has 0 bridgehead atoms. The molecule has 0 aliphatic heterocycles. The highest BCUT2D eigenvalue weighted by atomic mass is 16.4. The fourth-order valence-corrected chi connectivity index (χ4v) is 0.293. The van der Waals surface area contributed by atoms with Crippen molar-refractivity contribution in [1.29, 1.82) is 0 Å². The van der Waals surface area contributed by atoms with Crippen molar-refractivity contribution < 1.29 is 4.42 Å². The predicted octanol–water partition coefficient (Wildman–Crippen LogP) is -0.367. The van der Waals surface area contributed by atoms with Crippen molar-refractivity contribution in [3.63, 3.8) is 0 Å². The Kier molecular flexibility index (Phi) is 0.897. The van der Waals surface area contributed by atoms with Crippen molar-refractivity contribution in [2.75, 3.05) is 5.73 Å². The van der Waals surface area contributed by atoms with E-state index in [0.717, 1.165) is 0 Å². The standard InChI is InChI=1S/C4H3N3O/c1-2-3-6-7-4(5)8-3/h1H,(H2,5,7). The summed E-state index contributed by atoms with van der Waals surface area (Å²) in [5, 5.41) is 6.66. The highest BCUT2D eigenvalue weighted by molar-refractivity contribution is 5.15. The molecule has 0 atom stereocenters. The highest BCUT2D eigenvalue weighted by Crippen LogP contribution is 1.95. The molecule has 0 saturated heterocycles. The van der Waals surface area contributed by atoms with Gasteiger partial charge in [0.2, 0.25) is 0 Å². The van der Waals surface area contributed by atoms with Crippen molar-refractivity contribution in [2.45, 2.75) is 0 Å². The van der Waals surface area contributed by atoms with Gasteiger partial charge in [-0.15, -0.1) is 6.42 Å². The smallest absolute Gasteiger partial charge is 0.313 e. The van der Waals surface area contributed by atoms with Crippen LogP contribution >= 0.6 is 0 Å². The zero-order valence-corrected chi connectivity index (χ0v) is 3.96. The maximum absolute atomic E-state index is 5.02. The van der Waals surface area contributed by atoms with Gasteiger partial charge in [-0.3, -0.25) is 0 Å². The second-order valence-corrected chi connectivity index (χ2v) is 1.09. The van der Waals surface area contributed by atoms with Crippen molar-refractivity contribution in [3.05, 3.63) is 5.89 Å². The zero-order chi connectivity index (χ0) is 5.98. The molecule has 0 amide bonds. The molecule has 0 aromatic carbocycles. The summed E-state index contributed by atoms with van der Waals surface area (Å²) < 4.78 is 4.55. The molecule has 0 radical (unpaired) electrons. The Morgan fingerprint density at radius 1 is 1.62 bits per heavy atom. The van der Waals surface area contributed by atoms with E-state index in [2.05, 4.69) is 20.5 Å². The maximum atomic E-state index is 5.02. The second-order valence-electron chi connectivity index (χ2n) is 1.09. The van der Waals surface area contributed by atoms with E-state index in [1.165, 1.54) is 0 Å². The lowest BCUT2D eigenvalue weighted by Gasteiger charge is -1.70. The summed E-state index contributed by atoms with van der Waals surface area (Å²) in [6.07, 6.45) is 4.86. The monoisotopic (exact) mass is 109 g/mol. The van der Waals surface area contributed by atoms with Gasteiger partial charge in [0, 0.05) is 0 Å². The largest absolute Gasteiger partial charge is 0.396 e. The Hall–Kier alpha value is -1.50. The molecular weight excluding hydrogens is 106 g/mol. The average molecular weight is 109 g/mol. The van der Waals surface area contributed by atoms with Gasteiger partial charge >= 0.3 is 6.01 Å². The lowest BCUT2D eigenvalue weighted by atomic mass is 10.7. The molecule has 40 valence electrons. The number of hydrogen-bond acceptors (Lipinski definition) is 4. The van der Waals surface area contributed by atoms with E-state index >= 15 is 0 Å². The summed E-state index contributed by atoms with van der Waals surface area (Å²) >= 11 is 0. The predicted molar refractivity (Wildman–Crippen MR) is 26.6 cm³/mol. The van der Waals surface area contributed by atoms with Crippen LogP contribution in [0.5, 0.6) is 0 Å². The van der Waals surface area contributed by atoms with Gasteiger partial charge in [0.1, 0.15) is 0 Å². The van der Waals surface area contributed by atoms with E-state index in [0.29, 0.717) is 0 Å². The first-order valence-electron chi connectivity index (χ1n) is 1.88. The van der Waals surface area contributed by atoms with Gasteiger partial charge in [-0.25, -0.2) is 0 Å². The molecule has 4 nitrogen and oxygen atoms in total. The van der Waals surface area contributed by atoms with Crippen LogP contribution in [0.3, 0.4) is 0 Å². The van der Waals surface area contributed by atoms with Crippen molar-refractivity contribution >= 4 is 6.01 Å². The Morgan fingerprint density at radius 3 is 2.62 bits per heavy atom. The number of anilines is 1. The van der Waals surface area contributed by atoms with Crippen LogP contribution < -0.4 is 5.73 Å². The van der Waals surface area contributed by atoms with Gasteiger partial charge in [-0.05, 0) is 5.92 Å². The number of nitrogens with two attached hydrogens (primary N) is 1. The van der Waals surface area contributed by atoms with E-state index < -0.39 is 0 Å². The first-order chi connectivity index (χ1) is 3.83. The molecular formula is C4H3N3O. The lowest BCUT2D eigenvalue weighted by Crippen LogP contribution is -1.81. The van der Waals surface area contributed by atoms with Crippen LogP contribution in [-0.4, -0.2) is 10.2 Å². The number of terminal acetylenes is 1. The third-order valence-electron chi connectivity index (χ3n) is 0.564. The molecule has 0 spiro atoms. The van der Waals surface area contributed by atoms with Gasteiger partial charge < -0.3 is 10.2 Å². The minimum absolute atomic E-state index is 0.00190. The number of nitrogens with zero attached hydrogens (tertiary/aromatic N) is 2. The maximum Gasteiger partial charge on any atom is 0.313 e. The third-order valence-corrected chi connectivity index (χ3v) is 0.564. The van der Waals surface area contributed by atoms with Gasteiger partial charge in [-0.2, -0.15) is 0 Å². The van der Waals surface area contributed by atoms with E-state index in [9.17, 15) is 0 Å². The van der Waals surface area contributed by atoms with E-state index in [4.69, 9.17) is 12.2 Å². The Morgan fingerprint density at radius 2 is 2.38 bits per heavy atom. The summed E-state index contributed by atoms with van der Waals surface area (Å²) in [7, 11) is 0. The van der Waals surface area contributed by atoms with E-state index in [1.807, 2.05) is 0 Å². The van der Waals surface area contributed by atoms with Crippen LogP contribution in [-0.2, 0) is 0 Å². The van der Waals surface area contributed by atoms with E-state index in [1.54, 1.807) is 0 Å². The molecule has 1 aromatic heterocycles. The molecule has 1 rings (SSSR count). The molecule has 0 fully saturated rings. The van der Waals surface area contributed by atoms with Crippen molar-refractivity contribution in [3.8, 4) is 12.3 Å². The quantitative estimate of drug-likeness (QED) is 0.462. The third kappa shape index (κ3) is 0.611. The molecule has 4 heteroatoms. The normalized spacial score (nSPS) is 8.38. The average Bonchev–Trinajstić information content (AvgIpc) is 2.14. The lowest BCUT2D eigenvalue weighted by molar-refractivity contribution is 0.560. The van der Waals surface area contributed by atoms with E-state index in [-0.39, 0.29) is 11.9 Å². The minimum Gasteiger partial charge on any atom is -0.396 e. The molecule has 0 unspecified atom stereocenters. The number of hydrogen-bond donors (Lipinski definition) is 1. The highest BCUT2D eigenvalue weighted by Gasteiger charge is 1.94. The molecule has 0 aliphatic rings. The first-order valence-corrected chi connectivity index (χ1v) is 1.88. The van der Waals surface area contributed by atoms with Crippen LogP contribution in [0.1, 0.15) is 5.89 Å². The van der Waals surface area contributed by atoms with Gasteiger partial charge in [-0.1, -0.05) is 10.2 Å². The van der Waals surface area contributed by atoms with Crippen LogP contribution in [0.15, 0.2) is 4.42 Å². The fourth-order valence-electron chi connectivity index (χ4n) is 0.293. The summed E-state index contributed by atoms with van der Waals surface area (Å²) in [4.78, 5) is 0. The zero-order valence-electron chi connectivity index (χ0n) is 3.96. The Balaban J connectivity index is 3.05. The van der Waals surface area contributed by atoms with Gasteiger partial charge in [0.25, 0.3) is 5.89 Å². The Labute approximate surface area is 45.7 Å². The van der Waals surface area contributed by atoms with Crippen molar-refractivity contribution in [2.24, 2.45) is 0 Å². The Bertz CT molecular complexity index is 221. The van der Waals surface area contributed by atoms with Crippen LogP contribution in [0.25, 0.3) is 0 Å². The van der Waals surface area contributed by atoms with Crippen LogP contribution in [0.2, 0.25) is 0 Å². The molecule has 0 aliphatic carbocycles. The molecule has 0 saturated carbocycles. The second kappa shape index (κ2) is 1.54. The number of aromatic nitrogens is 2. The summed E-state index contributed by atoms with van der Waals surface area (Å²) in [5.41, 5.74) is 5.02. The topological polar surface area (TPSA) is 64.9 Å². The molecule has 1 heterocycles. The number of nitrogen functional groups attached to an aromatic ring is 1. The summed E-state index contributed by atoms with van der Waals surface area (Å²) in [6, 6.07) is -0.00190. The minimum atomic E-state index is -0.00190. The molecule has 1 aromatic rings. The fraction of sp³-hybridized carbons (Fsp3) is 0. The van der Waals surface area contributed by atoms with Crippen LogP contribution in [0, 0.1) is 12.3 Å².